The Bertz CT molecular complexity index is 724. The molecule has 2 N–H and O–H groups in total. The van der Waals surface area contributed by atoms with Crippen molar-refractivity contribution in [1.82, 2.24) is 24.7 Å². The quantitative estimate of drug-likeness (QED) is 0.876. The number of fused-ring (bicyclic) bond motifs is 1. The molecular formula is C17H24N6O. The highest BCUT2D eigenvalue weighted by molar-refractivity contribution is 5.87. The number of likely N-dealkylation sites (N-methyl/N-ethyl adjacent to an activating group) is 1. The molecule has 7 heteroatoms. The SMILES string of the molecule is CN(C)C(=O)CN1CCN(Cc2nc(N)c3ccccc3n2)CC1. The number of para-hydroxylation sites is 1. The second-order valence-electron chi connectivity index (χ2n) is 6.38. The molecule has 7 nitrogen and oxygen atoms in total. The van der Waals surface area contributed by atoms with Gasteiger partial charge in [-0.3, -0.25) is 14.6 Å². The van der Waals surface area contributed by atoms with Crippen LogP contribution in [0.15, 0.2) is 24.3 Å². The fourth-order valence-electron chi connectivity index (χ4n) is 2.86. The first-order valence-corrected chi connectivity index (χ1v) is 8.19. The smallest absolute Gasteiger partial charge is 0.236 e. The lowest BCUT2D eigenvalue weighted by Crippen LogP contribution is -2.49. The topological polar surface area (TPSA) is 78.6 Å². The van der Waals surface area contributed by atoms with Crippen LogP contribution in [0.3, 0.4) is 0 Å². The number of carbonyl (C=O) groups is 1. The lowest BCUT2D eigenvalue weighted by Gasteiger charge is -2.34. The Morgan fingerprint density at radius 2 is 1.79 bits per heavy atom. The van der Waals surface area contributed by atoms with E-state index in [-0.39, 0.29) is 5.91 Å². The highest BCUT2D eigenvalue weighted by atomic mass is 16.2. The van der Waals surface area contributed by atoms with Crippen molar-refractivity contribution >= 4 is 22.6 Å². The van der Waals surface area contributed by atoms with Crippen molar-refractivity contribution in [3.8, 4) is 0 Å². The molecule has 0 bridgehead atoms. The number of carbonyl (C=O) groups excluding carboxylic acids is 1. The molecule has 0 spiro atoms. The van der Waals surface area contributed by atoms with Gasteiger partial charge in [0.1, 0.15) is 11.6 Å². The van der Waals surface area contributed by atoms with Gasteiger partial charge in [-0.05, 0) is 12.1 Å². The minimum atomic E-state index is 0.147. The molecule has 2 aromatic rings. The third kappa shape index (κ3) is 3.80. The van der Waals surface area contributed by atoms with E-state index in [4.69, 9.17) is 5.73 Å². The Balaban J connectivity index is 1.59. The van der Waals surface area contributed by atoms with Crippen LogP contribution in [0.4, 0.5) is 5.82 Å². The van der Waals surface area contributed by atoms with Gasteiger partial charge in [0.05, 0.1) is 18.6 Å². The fraction of sp³-hybridized carbons (Fsp3) is 0.471. The van der Waals surface area contributed by atoms with Crippen molar-refractivity contribution in [2.45, 2.75) is 6.54 Å². The van der Waals surface area contributed by atoms with Gasteiger partial charge in [-0.1, -0.05) is 12.1 Å². The zero-order valence-electron chi connectivity index (χ0n) is 14.3. The average Bonchev–Trinajstić information content (AvgIpc) is 2.56. The van der Waals surface area contributed by atoms with Crippen LogP contribution in [0, 0.1) is 0 Å². The molecule has 1 aliphatic heterocycles. The van der Waals surface area contributed by atoms with E-state index in [9.17, 15) is 4.79 Å². The lowest BCUT2D eigenvalue weighted by molar-refractivity contribution is -0.130. The summed E-state index contributed by atoms with van der Waals surface area (Å²) in [5.74, 6) is 1.43. The van der Waals surface area contributed by atoms with Crippen molar-refractivity contribution in [1.29, 1.82) is 0 Å². The summed E-state index contributed by atoms with van der Waals surface area (Å²) < 4.78 is 0. The molecular weight excluding hydrogens is 304 g/mol. The first-order chi connectivity index (χ1) is 11.5. The summed E-state index contributed by atoms with van der Waals surface area (Å²) in [7, 11) is 3.58. The van der Waals surface area contributed by atoms with Gasteiger partial charge in [0.15, 0.2) is 0 Å². The van der Waals surface area contributed by atoms with Gasteiger partial charge in [-0.2, -0.15) is 0 Å². The standard InChI is InChI=1S/C17H24N6O/c1-21(2)16(24)12-23-9-7-22(8-10-23)11-15-19-14-6-4-3-5-13(14)17(18)20-15/h3-6H,7-12H2,1-2H3,(H2,18,19,20). The van der Waals surface area contributed by atoms with Gasteiger partial charge in [-0.15, -0.1) is 0 Å². The van der Waals surface area contributed by atoms with Crippen molar-refractivity contribution < 1.29 is 4.79 Å². The summed E-state index contributed by atoms with van der Waals surface area (Å²) in [6, 6.07) is 7.80. The number of piperazine rings is 1. The van der Waals surface area contributed by atoms with Gasteiger partial charge in [0.2, 0.25) is 5.91 Å². The summed E-state index contributed by atoms with van der Waals surface area (Å²) >= 11 is 0. The van der Waals surface area contributed by atoms with Gasteiger partial charge in [0.25, 0.3) is 0 Å². The Morgan fingerprint density at radius 1 is 1.12 bits per heavy atom. The van der Waals surface area contributed by atoms with Gasteiger partial charge >= 0.3 is 0 Å². The number of nitrogen functional groups attached to an aromatic ring is 1. The first-order valence-electron chi connectivity index (χ1n) is 8.19. The summed E-state index contributed by atoms with van der Waals surface area (Å²) in [5, 5.41) is 0.897. The van der Waals surface area contributed by atoms with E-state index in [1.165, 1.54) is 0 Å². The third-order valence-corrected chi connectivity index (χ3v) is 4.37. The van der Waals surface area contributed by atoms with Crippen LogP contribution in [0.25, 0.3) is 10.9 Å². The minimum Gasteiger partial charge on any atom is -0.383 e. The number of hydrogen-bond donors (Lipinski definition) is 1. The van der Waals surface area contributed by atoms with E-state index in [1.807, 2.05) is 24.3 Å². The molecule has 0 unspecified atom stereocenters. The Morgan fingerprint density at radius 3 is 2.50 bits per heavy atom. The number of nitrogens with two attached hydrogens (primary N) is 1. The molecule has 0 atom stereocenters. The van der Waals surface area contributed by atoms with E-state index in [0.717, 1.165) is 42.9 Å². The average molecular weight is 328 g/mol. The molecule has 128 valence electrons. The molecule has 1 amide bonds. The molecule has 0 aliphatic carbocycles. The molecule has 2 heterocycles. The van der Waals surface area contributed by atoms with Crippen molar-refractivity contribution in [3.63, 3.8) is 0 Å². The molecule has 0 radical (unpaired) electrons. The minimum absolute atomic E-state index is 0.147. The largest absolute Gasteiger partial charge is 0.383 e. The highest BCUT2D eigenvalue weighted by Gasteiger charge is 2.20. The lowest BCUT2D eigenvalue weighted by atomic mass is 10.2. The summed E-state index contributed by atoms with van der Waals surface area (Å²) in [6.45, 7) is 4.73. The van der Waals surface area contributed by atoms with Crippen LogP contribution in [-0.2, 0) is 11.3 Å². The van der Waals surface area contributed by atoms with Gasteiger partial charge in [-0.25, -0.2) is 9.97 Å². The molecule has 1 saturated heterocycles. The maximum atomic E-state index is 11.8. The van der Waals surface area contributed by atoms with E-state index in [2.05, 4.69) is 19.8 Å². The van der Waals surface area contributed by atoms with Gasteiger partial charge in [0, 0.05) is 45.7 Å². The normalized spacial score (nSPS) is 16.4. The zero-order valence-corrected chi connectivity index (χ0v) is 14.3. The highest BCUT2D eigenvalue weighted by Crippen LogP contribution is 2.18. The van der Waals surface area contributed by atoms with Crippen molar-refractivity contribution in [2.75, 3.05) is 52.6 Å². The van der Waals surface area contributed by atoms with Crippen LogP contribution in [0.5, 0.6) is 0 Å². The number of amides is 1. The molecule has 0 saturated carbocycles. The van der Waals surface area contributed by atoms with E-state index >= 15 is 0 Å². The predicted octanol–water partition coefficient (Wildman–Crippen LogP) is 0.418. The van der Waals surface area contributed by atoms with Crippen LogP contribution in [0.2, 0.25) is 0 Å². The van der Waals surface area contributed by atoms with Crippen LogP contribution in [-0.4, -0.2) is 77.4 Å². The number of hydrogen-bond acceptors (Lipinski definition) is 6. The first kappa shape index (κ1) is 16.6. The summed E-state index contributed by atoms with van der Waals surface area (Å²) in [4.78, 5) is 27.0. The number of aromatic nitrogens is 2. The maximum absolute atomic E-state index is 11.8. The second-order valence-corrected chi connectivity index (χ2v) is 6.38. The van der Waals surface area contributed by atoms with E-state index in [0.29, 0.717) is 18.9 Å². The van der Waals surface area contributed by atoms with Crippen molar-refractivity contribution in [3.05, 3.63) is 30.1 Å². The molecule has 1 aromatic heterocycles. The van der Waals surface area contributed by atoms with E-state index in [1.54, 1.807) is 19.0 Å². The predicted molar refractivity (Wildman–Crippen MR) is 94.4 cm³/mol. The van der Waals surface area contributed by atoms with Gasteiger partial charge < -0.3 is 10.6 Å². The summed E-state index contributed by atoms with van der Waals surface area (Å²) in [5.41, 5.74) is 6.93. The third-order valence-electron chi connectivity index (χ3n) is 4.37. The maximum Gasteiger partial charge on any atom is 0.236 e. The number of benzene rings is 1. The molecule has 24 heavy (non-hydrogen) atoms. The fourth-order valence-corrected chi connectivity index (χ4v) is 2.86. The molecule has 3 rings (SSSR count). The molecule has 1 aromatic carbocycles. The Labute approximate surface area is 142 Å². The molecule has 1 aliphatic rings. The molecule has 1 fully saturated rings. The van der Waals surface area contributed by atoms with E-state index < -0.39 is 0 Å². The van der Waals surface area contributed by atoms with Crippen LogP contribution >= 0.6 is 0 Å². The van der Waals surface area contributed by atoms with Crippen LogP contribution in [0.1, 0.15) is 5.82 Å². The monoisotopic (exact) mass is 328 g/mol. The summed E-state index contributed by atoms with van der Waals surface area (Å²) in [6.07, 6.45) is 0. The number of anilines is 1. The Hall–Kier alpha value is -2.25. The zero-order chi connectivity index (χ0) is 17.1. The Kier molecular flexibility index (Phi) is 4.92. The van der Waals surface area contributed by atoms with Crippen LogP contribution < -0.4 is 5.73 Å². The number of rotatable bonds is 4. The second kappa shape index (κ2) is 7.11. The van der Waals surface area contributed by atoms with Crippen molar-refractivity contribution in [2.24, 2.45) is 0 Å². The number of nitrogens with zero attached hydrogens (tertiary/aromatic N) is 5.